The third kappa shape index (κ3) is 2.26. The fourth-order valence-corrected chi connectivity index (χ4v) is 1.63. The van der Waals surface area contributed by atoms with E-state index in [1.165, 1.54) is 0 Å². The standard InChI is InChI=1S/C12H10N2O3/c13-7-6-10-8-14(12(16)17-10)11(15)9-4-2-1-3-5-9/h1-5,10H,6,8H2/t10-/m0/s1. The number of hydrogen-bond acceptors (Lipinski definition) is 4. The first-order valence-electron chi connectivity index (χ1n) is 5.17. The zero-order valence-electron chi connectivity index (χ0n) is 9.00. The number of benzene rings is 1. The Morgan fingerprint density at radius 1 is 1.47 bits per heavy atom. The number of imide groups is 1. The van der Waals surface area contributed by atoms with Crippen LogP contribution in [0.15, 0.2) is 30.3 Å². The summed E-state index contributed by atoms with van der Waals surface area (Å²) in [5.41, 5.74) is 0.432. The zero-order chi connectivity index (χ0) is 12.3. The Morgan fingerprint density at radius 2 is 2.18 bits per heavy atom. The molecule has 2 amide bonds. The average molecular weight is 230 g/mol. The van der Waals surface area contributed by atoms with Gasteiger partial charge in [-0.3, -0.25) is 4.79 Å². The highest BCUT2D eigenvalue weighted by atomic mass is 16.6. The van der Waals surface area contributed by atoms with Crippen molar-refractivity contribution in [3.63, 3.8) is 0 Å². The Hall–Kier alpha value is -2.35. The molecule has 1 fully saturated rings. The van der Waals surface area contributed by atoms with Gasteiger partial charge in [-0.1, -0.05) is 18.2 Å². The summed E-state index contributed by atoms with van der Waals surface area (Å²) >= 11 is 0. The molecule has 0 aliphatic carbocycles. The summed E-state index contributed by atoms with van der Waals surface area (Å²) in [4.78, 5) is 24.4. The first kappa shape index (κ1) is 11.1. The molecule has 0 N–H and O–H groups in total. The van der Waals surface area contributed by atoms with Gasteiger partial charge >= 0.3 is 6.09 Å². The second-order valence-corrected chi connectivity index (χ2v) is 3.65. The normalized spacial score (nSPS) is 18.6. The van der Waals surface area contributed by atoms with Crippen LogP contribution in [0.25, 0.3) is 0 Å². The summed E-state index contributed by atoms with van der Waals surface area (Å²) < 4.78 is 4.90. The minimum absolute atomic E-state index is 0.101. The summed E-state index contributed by atoms with van der Waals surface area (Å²) in [5.74, 6) is -0.393. The molecule has 5 nitrogen and oxygen atoms in total. The third-order valence-corrected chi connectivity index (χ3v) is 2.46. The van der Waals surface area contributed by atoms with Crippen molar-refractivity contribution in [3.05, 3.63) is 35.9 Å². The highest BCUT2D eigenvalue weighted by Crippen LogP contribution is 2.16. The van der Waals surface area contributed by atoms with Gasteiger partial charge in [0.1, 0.15) is 6.10 Å². The molecule has 1 aromatic rings. The van der Waals surface area contributed by atoms with E-state index < -0.39 is 18.1 Å². The second-order valence-electron chi connectivity index (χ2n) is 3.65. The molecule has 2 rings (SSSR count). The van der Waals surface area contributed by atoms with E-state index in [1.54, 1.807) is 30.3 Å². The fraction of sp³-hybridized carbons (Fsp3) is 0.250. The molecule has 0 unspecified atom stereocenters. The molecule has 1 saturated heterocycles. The van der Waals surface area contributed by atoms with Gasteiger partial charge in [0.2, 0.25) is 0 Å². The van der Waals surface area contributed by atoms with E-state index >= 15 is 0 Å². The van der Waals surface area contributed by atoms with Gasteiger partial charge in [-0.25, -0.2) is 9.69 Å². The van der Waals surface area contributed by atoms with Crippen molar-refractivity contribution in [1.29, 1.82) is 5.26 Å². The number of carbonyl (C=O) groups is 2. The van der Waals surface area contributed by atoms with E-state index in [4.69, 9.17) is 10.00 Å². The maximum Gasteiger partial charge on any atom is 0.417 e. The first-order valence-corrected chi connectivity index (χ1v) is 5.17. The molecule has 1 aliphatic rings. The van der Waals surface area contributed by atoms with Gasteiger partial charge in [0.25, 0.3) is 5.91 Å². The molecular weight excluding hydrogens is 220 g/mol. The van der Waals surface area contributed by atoms with Crippen LogP contribution in [0.3, 0.4) is 0 Å². The smallest absolute Gasteiger partial charge is 0.417 e. The molecule has 1 aliphatic heterocycles. The Morgan fingerprint density at radius 3 is 2.82 bits per heavy atom. The maximum absolute atomic E-state index is 11.9. The first-order chi connectivity index (χ1) is 8.22. The van der Waals surface area contributed by atoms with Crippen LogP contribution in [0.2, 0.25) is 0 Å². The Labute approximate surface area is 98.2 Å². The number of hydrogen-bond donors (Lipinski definition) is 0. The van der Waals surface area contributed by atoms with Crippen LogP contribution in [-0.4, -0.2) is 29.5 Å². The summed E-state index contributed by atoms with van der Waals surface area (Å²) in [5, 5.41) is 8.51. The van der Waals surface area contributed by atoms with Crippen LogP contribution in [0.5, 0.6) is 0 Å². The number of carbonyl (C=O) groups excluding carboxylic acids is 2. The molecule has 1 aromatic carbocycles. The van der Waals surface area contributed by atoms with Crippen molar-refractivity contribution >= 4 is 12.0 Å². The molecule has 5 heteroatoms. The van der Waals surface area contributed by atoms with Crippen molar-refractivity contribution in [2.45, 2.75) is 12.5 Å². The van der Waals surface area contributed by atoms with Crippen LogP contribution in [0.4, 0.5) is 4.79 Å². The maximum atomic E-state index is 11.9. The molecule has 0 aromatic heterocycles. The van der Waals surface area contributed by atoms with Gasteiger partial charge in [-0.05, 0) is 12.1 Å². The summed E-state index contributed by atoms with van der Waals surface area (Å²) in [6.07, 6.45) is -1.09. The Balaban J connectivity index is 2.12. The predicted molar refractivity (Wildman–Crippen MR) is 58.0 cm³/mol. The van der Waals surface area contributed by atoms with Gasteiger partial charge < -0.3 is 4.74 Å². The van der Waals surface area contributed by atoms with E-state index in [0.717, 1.165) is 4.90 Å². The van der Waals surface area contributed by atoms with E-state index in [1.807, 2.05) is 6.07 Å². The quantitative estimate of drug-likeness (QED) is 0.773. The van der Waals surface area contributed by atoms with Crippen LogP contribution in [-0.2, 0) is 4.74 Å². The molecule has 0 saturated carbocycles. The van der Waals surface area contributed by atoms with Crippen molar-refractivity contribution in [1.82, 2.24) is 4.90 Å². The lowest BCUT2D eigenvalue weighted by atomic mass is 10.2. The zero-order valence-corrected chi connectivity index (χ0v) is 9.00. The highest BCUT2D eigenvalue weighted by molar-refractivity contribution is 6.03. The lowest BCUT2D eigenvalue weighted by Crippen LogP contribution is -2.32. The van der Waals surface area contributed by atoms with E-state index in [2.05, 4.69) is 0 Å². The molecule has 1 heterocycles. The fourth-order valence-electron chi connectivity index (χ4n) is 1.63. The SMILES string of the molecule is N#CC[C@H]1CN(C(=O)c2ccccc2)C(=O)O1. The van der Waals surface area contributed by atoms with E-state index in [9.17, 15) is 9.59 Å². The van der Waals surface area contributed by atoms with E-state index in [-0.39, 0.29) is 13.0 Å². The summed E-state index contributed by atoms with van der Waals surface area (Å²) in [7, 11) is 0. The number of amides is 2. The topological polar surface area (TPSA) is 70.4 Å². The van der Waals surface area contributed by atoms with E-state index in [0.29, 0.717) is 5.56 Å². The Bertz CT molecular complexity index is 478. The monoisotopic (exact) mass is 230 g/mol. The molecule has 0 radical (unpaired) electrons. The van der Waals surface area contributed by atoms with Crippen molar-refractivity contribution in [2.24, 2.45) is 0 Å². The van der Waals surface area contributed by atoms with Gasteiger partial charge in [-0.15, -0.1) is 0 Å². The number of ether oxygens (including phenoxy) is 1. The van der Waals surface area contributed by atoms with Crippen LogP contribution < -0.4 is 0 Å². The van der Waals surface area contributed by atoms with Crippen molar-refractivity contribution < 1.29 is 14.3 Å². The predicted octanol–water partition coefficient (Wildman–Crippen LogP) is 1.56. The highest BCUT2D eigenvalue weighted by Gasteiger charge is 2.35. The van der Waals surface area contributed by atoms with Crippen LogP contribution in [0.1, 0.15) is 16.8 Å². The lowest BCUT2D eigenvalue weighted by Gasteiger charge is -2.10. The lowest BCUT2D eigenvalue weighted by molar-refractivity contribution is 0.0808. The van der Waals surface area contributed by atoms with Crippen molar-refractivity contribution in [2.75, 3.05) is 6.54 Å². The number of nitrogens with zero attached hydrogens (tertiary/aromatic N) is 2. The minimum Gasteiger partial charge on any atom is -0.443 e. The molecule has 86 valence electrons. The molecule has 1 atom stereocenters. The molecule has 17 heavy (non-hydrogen) atoms. The molecule has 0 bridgehead atoms. The van der Waals surface area contributed by atoms with Crippen LogP contribution >= 0.6 is 0 Å². The number of cyclic esters (lactones) is 1. The van der Waals surface area contributed by atoms with Crippen molar-refractivity contribution in [3.8, 4) is 6.07 Å². The summed E-state index contributed by atoms with van der Waals surface area (Å²) in [6, 6.07) is 10.4. The minimum atomic E-state index is -0.681. The molecular formula is C12H10N2O3. The summed E-state index contributed by atoms with van der Waals surface area (Å²) in [6.45, 7) is 0.139. The van der Waals surface area contributed by atoms with Gasteiger partial charge in [0.15, 0.2) is 0 Å². The Kier molecular flexibility index (Phi) is 3.06. The van der Waals surface area contributed by atoms with Gasteiger partial charge in [-0.2, -0.15) is 5.26 Å². The third-order valence-electron chi connectivity index (χ3n) is 2.46. The van der Waals surface area contributed by atoms with Crippen LogP contribution in [0, 0.1) is 11.3 Å². The van der Waals surface area contributed by atoms with Gasteiger partial charge in [0, 0.05) is 5.56 Å². The number of nitriles is 1. The average Bonchev–Trinajstić information content (AvgIpc) is 2.71. The second kappa shape index (κ2) is 4.66. The van der Waals surface area contributed by atoms with Gasteiger partial charge in [0.05, 0.1) is 19.0 Å². The molecule has 0 spiro atoms. The largest absolute Gasteiger partial charge is 0.443 e. The number of rotatable bonds is 2.